The van der Waals surface area contributed by atoms with E-state index in [1.165, 1.54) is 24.6 Å². The van der Waals surface area contributed by atoms with Crippen molar-refractivity contribution in [2.45, 2.75) is 128 Å². The van der Waals surface area contributed by atoms with E-state index in [2.05, 4.69) is 39.9 Å². The Labute approximate surface area is 648 Å². The quantitative estimate of drug-likeness (QED) is 0.0293. The van der Waals surface area contributed by atoms with Crippen molar-refractivity contribution >= 4 is 62.6 Å². The van der Waals surface area contributed by atoms with Crippen molar-refractivity contribution < 1.29 is 53.4 Å². The maximum atomic E-state index is 12.3. The molecule has 2 atom stereocenters. The molecular weight excluding hydrogens is 1490 g/mol. The molecule has 24 nitrogen and oxygen atoms in total. The van der Waals surface area contributed by atoms with Crippen LogP contribution < -0.4 is 32.4 Å². The van der Waals surface area contributed by atoms with Crippen LogP contribution in [0.3, 0.4) is 0 Å². The molecule has 4 aromatic heterocycles. The highest BCUT2D eigenvalue weighted by Gasteiger charge is 2.23. The zero-order valence-corrected chi connectivity index (χ0v) is 65.7. The fourth-order valence-corrected chi connectivity index (χ4v) is 14.6. The van der Waals surface area contributed by atoms with E-state index in [1.54, 1.807) is 145 Å². The minimum Gasteiger partial charge on any atom is -0.475 e. The summed E-state index contributed by atoms with van der Waals surface area (Å²) in [6, 6.07) is 64.7. The van der Waals surface area contributed by atoms with Crippen LogP contribution in [0.15, 0.2) is 263 Å². The van der Waals surface area contributed by atoms with E-state index in [-0.39, 0.29) is 43.0 Å². The Morgan fingerprint density at radius 1 is 0.342 bits per heavy atom. The maximum Gasteiger partial charge on any atom is 0.258 e. The Kier molecular flexibility index (Phi) is 28.9. The molecule has 4 heterocycles. The summed E-state index contributed by atoms with van der Waals surface area (Å²) in [7, 11) is -13.2. The second-order valence-corrected chi connectivity index (χ2v) is 36.0. The van der Waals surface area contributed by atoms with Crippen LogP contribution in [-0.2, 0) is 65.2 Å². The van der Waals surface area contributed by atoms with Gasteiger partial charge in [-0.1, -0.05) is 170 Å². The van der Waals surface area contributed by atoms with E-state index >= 15 is 0 Å². The molecule has 28 heteroatoms. The first-order valence-electron chi connectivity index (χ1n) is 35.5. The van der Waals surface area contributed by atoms with Crippen LogP contribution in [0.25, 0.3) is 45.0 Å². The molecule has 0 aliphatic heterocycles. The van der Waals surface area contributed by atoms with Crippen LogP contribution in [0.2, 0.25) is 0 Å². The first-order valence-corrected chi connectivity index (χ1v) is 42.0. The van der Waals surface area contributed by atoms with E-state index < -0.39 is 67.3 Å². The van der Waals surface area contributed by atoms with E-state index in [4.69, 9.17) is 32.4 Å². The summed E-state index contributed by atoms with van der Waals surface area (Å²) in [5.41, 5.74) is 34.0. The van der Waals surface area contributed by atoms with Gasteiger partial charge in [-0.2, -0.15) is 0 Å². The number of anilines is 4. The lowest BCUT2D eigenvalue weighted by molar-refractivity contribution is 0.167. The summed E-state index contributed by atoms with van der Waals surface area (Å²) in [6.07, 6.45) is 8.78. The number of nitrogens with two attached hydrogens (primary N) is 4. The van der Waals surface area contributed by atoms with E-state index in [9.17, 15) is 43.9 Å². The van der Waals surface area contributed by atoms with Crippen molar-refractivity contribution in [1.82, 2.24) is 39.9 Å². The number of ether oxygens (including phenoxy) is 2. The molecule has 578 valence electrons. The number of aromatic nitrogens is 8. The number of hydrogen-bond acceptors (Lipinski definition) is 24. The van der Waals surface area contributed by atoms with E-state index in [0.29, 0.717) is 84.7 Å². The van der Waals surface area contributed by atoms with Crippen LogP contribution >= 0.6 is 0 Å². The van der Waals surface area contributed by atoms with Crippen LogP contribution in [0.5, 0.6) is 11.8 Å². The van der Waals surface area contributed by atoms with Gasteiger partial charge >= 0.3 is 0 Å². The number of nitrogens with zero attached hydrogens (tertiary/aromatic N) is 8. The van der Waals surface area contributed by atoms with Crippen molar-refractivity contribution in [2.75, 3.05) is 35.8 Å². The number of aliphatic hydroxyl groups is 2. The molecule has 8 aromatic carbocycles. The van der Waals surface area contributed by atoms with E-state index in [1.807, 2.05) is 121 Å². The lowest BCUT2D eigenvalue weighted by atomic mass is 10.0. The Balaban J connectivity index is 0.000000170. The molecule has 111 heavy (non-hydrogen) atoms. The van der Waals surface area contributed by atoms with Gasteiger partial charge in [0, 0.05) is 34.9 Å². The normalized spacial score (nSPS) is 12.1. The van der Waals surface area contributed by atoms with Gasteiger partial charge < -0.3 is 42.6 Å². The Hall–Kier alpha value is -11.4. The minimum atomic E-state index is -3.32. The zero-order chi connectivity index (χ0) is 80.0. The molecule has 0 fully saturated rings. The van der Waals surface area contributed by atoms with Crippen LogP contribution in [-0.4, -0.2) is 112 Å². The number of sulfone groups is 4. The predicted molar refractivity (Wildman–Crippen MR) is 433 cm³/mol. The van der Waals surface area contributed by atoms with Crippen LogP contribution in [0.4, 0.5) is 23.3 Å². The standard InChI is InChI=1S/2C22H25N3O3S.C21H23N3O3S.C18H17N3O3S/c2*1-15(2)29(27,28)18-10-8-16(9-11-18)20-14-24-22(23)19(25-20)12-13-21(26)17-6-4-3-5-7-17;1-15(2)28(25,26)18-10-8-17(9-11-18)19-14-23-20(22)21(24-19)27-13-12-16-6-4-3-5-7-16;1-25(22,23)15-9-7-14(8-10-15)16-11-20-17(19)18(21-16)24-12-13-5-3-2-4-6-13/h2*3-11,14-15,21,26H,12-13H2,1-2H3,(H2,23,24);3-11,14-15H,12-13H2,1-2H3,(H2,22,23);2-11H,12H2,1H3,(H2,19,20)/t2*21-;;/m10../s1. The molecule has 0 saturated heterocycles. The van der Waals surface area contributed by atoms with Crippen molar-refractivity contribution in [3.05, 3.63) is 277 Å². The average Bonchev–Trinajstić information content (AvgIpc) is 0.818. The highest BCUT2D eigenvalue weighted by atomic mass is 32.2. The highest BCUT2D eigenvalue weighted by molar-refractivity contribution is 7.92. The summed E-state index contributed by atoms with van der Waals surface area (Å²) < 4.78 is 108. The van der Waals surface area contributed by atoms with Gasteiger partial charge in [0.1, 0.15) is 18.2 Å². The summed E-state index contributed by atoms with van der Waals surface area (Å²) in [5, 5.41) is 19.3. The van der Waals surface area contributed by atoms with Gasteiger partial charge in [0.05, 0.1) is 113 Å². The van der Waals surface area contributed by atoms with Gasteiger partial charge in [0.2, 0.25) is 0 Å². The number of aliphatic hydroxyl groups excluding tert-OH is 2. The van der Waals surface area contributed by atoms with Gasteiger partial charge in [-0.3, -0.25) is 0 Å². The lowest BCUT2D eigenvalue weighted by Crippen LogP contribution is -2.13. The van der Waals surface area contributed by atoms with Crippen molar-refractivity contribution in [3.63, 3.8) is 0 Å². The molecule has 10 N–H and O–H groups in total. The van der Waals surface area contributed by atoms with E-state index in [0.717, 1.165) is 50.9 Å². The smallest absolute Gasteiger partial charge is 0.258 e. The van der Waals surface area contributed by atoms with Crippen molar-refractivity contribution in [2.24, 2.45) is 0 Å². The largest absolute Gasteiger partial charge is 0.475 e. The lowest BCUT2D eigenvalue weighted by Gasteiger charge is -2.12. The number of benzene rings is 8. The first kappa shape index (κ1) is 83.6. The average molecular weight is 1580 g/mol. The molecule has 0 aliphatic carbocycles. The molecule has 0 unspecified atom stereocenters. The monoisotopic (exact) mass is 1570 g/mol. The third-order valence-corrected chi connectivity index (χ3v) is 25.2. The van der Waals surface area contributed by atoms with Crippen molar-refractivity contribution in [1.29, 1.82) is 0 Å². The molecular formula is C83H90N12O12S4. The minimum absolute atomic E-state index is 0.201. The highest BCUT2D eigenvalue weighted by Crippen LogP contribution is 2.31. The Morgan fingerprint density at radius 2 is 0.631 bits per heavy atom. The SMILES string of the molecule is CC(C)S(=O)(=O)c1ccc(-c2cnc(N)c(CC[C@@H](O)c3ccccc3)n2)cc1.CC(C)S(=O)(=O)c1ccc(-c2cnc(N)c(CC[C@H](O)c3ccccc3)n2)cc1.CC(C)S(=O)(=O)c1ccc(-c2cnc(N)c(OCCc3ccccc3)n2)cc1.CS(=O)(=O)c1ccc(-c2cnc(N)c(OCc3ccccc3)n2)cc1. The number of nitrogen functional groups attached to an aromatic ring is 4. The Morgan fingerprint density at radius 3 is 0.955 bits per heavy atom. The second kappa shape index (κ2) is 38.3. The van der Waals surface area contributed by atoms with Gasteiger partial charge in [0.25, 0.3) is 11.8 Å². The molecule has 0 saturated carbocycles. The summed E-state index contributed by atoms with van der Waals surface area (Å²) in [4.78, 5) is 35.8. The molecule has 0 radical (unpaired) electrons. The van der Waals surface area contributed by atoms with Gasteiger partial charge in [-0.25, -0.2) is 73.5 Å². The summed E-state index contributed by atoms with van der Waals surface area (Å²) in [5.74, 6) is 1.59. The number of hydrogen-bond donors (Lipinski definition) is 6. The van der Waals surface area contributed by atoms with Crippen LogP contribution in [0, 0.1) is 0 Å². The van der Waals surface area contributed by atoms with Gasteiger partial charge in [0.15, 0.2) is 51.0 Å². The third-order valence-electron chi connectivity index (χ3n) is 17.5. The second-order valence-electron chi connectivity index (χ2n) is 26.5. The molecule has 0 spiro atoms. The Bertz CT molecular complexity index is 5340. The topological polar surface area (TPSA) is 403 Å². The number of aryl methyl sites for hydroxylation is 2. The zero-order valence-electron chi connectivity index (χ0n) is 62.4. The fraction of sp³-hybridized carbons (Fsp3) is 0.229. The van der Waals surface area contributed by atoms with Crippen molar-refractivity contribution in [3.8, 4) is 56.8 Å². The molecule has 0 aliphatic rings. The molecule has 12 rings (SSSR count). The first-order chi connectivity index (χ1) is 52.9. The summed E-state index contributed by atoms with van der Waals surface area (Å²) >= 11 is 0. The summed E-state index contributed by atoms with van der Waals surface area (Å²) in [6.45, 7) is 10.7. The van der Waals surface area contributed by atoms with Gasteiger partial charge in [-0.05, 0) is 138 Å². The fourth-order valence-electron chi connectivity index (χ4n) is 10.8. The van der Waals surface area contributed by atoms with Gasteiger partial charge in [-0.15, -0.1) is 0 Å². The molecule has 12 aromatic rings. The number of rotatable bonds is 26. The predicted octanol–water partition coefficient (Wildman–Crippen LogP) is 13.4. The third kappa shape index (κ3) is 23.1. The van der Waals surface area contributed by atoms with Crippen LogP contribution in [0.1, 0.15) is 100 Å². The maximum absolute atomic E-state index is 12.3. The molecule has 0 amide bonds. The molecule has 0 bridgehead atoms.